The number of aliphatic hydroxyl groups excluding tert-OH is 1. The van der Waals surface area contributed by atoms with E-state index >= 15 is 0 Å². The minimum atomic E-state index is -0.145. The second-order valence-corrected chi connectivity index (χ2v) is 5.50. The minimum Gasteiger partial charge on any atom is -0.396 e. The molecule has 4 heteroatoms. The van der Waals surface area contributed by atoms with Crippen LogP contribution in [0.25, 0.3) is 0 Å². The van der Waals surface area contributed by atoms with Crippen molar-refractivity contribution >= 4 is 0 Å². The van der Waals surface area contributed by atoms with Crippen molar-refractivity contribution in [2.45, 2.75) is 33.2 Å². The van der Waals surface area contributed by atoms with Gasteiger partial charge in [0.1, 0.15) is 5.82 Å². The molecule has 1 aromatic rings. The summed E-state index contributed by atoms with van der Waals surface area (Å²) in [6.45, 7) is 10.1. The fourth-order valence-corrected chi connectivity index (χ4v) is 2.75. The molecular formula is C17H29FN2O. The zero-order valence-corrected chi connectivity index (χ0v) is 13.5. The molecule has 3 nitrogen and oxygen atoms in total. The Morgan fingerprint density at radius 2 is 2.00 bits per heavy atom. The fraction of sp³-hybridized carbons (Fsp3) is 0.647. The van der Waals surface area contributed by atoms with Gasteiger partial charge < -0.3 is 15.3 Å². The molecule has 0 spiro atoms. The molecule has 0 saturated heterocycles. The van der Waals surface area contributed by atoms with E-state index in [0.717, 1.165) is 38.2 Å². The van der Waals surface area contributed by atoms with Gasteiger partial charge in [0.15, 0.2) is 0 Å². The van der Waals surface area contributed by atoms with E-state index < -0.39 is 0 Å². The van der Waals surface area contributed by atoms with Gasteiger partial charge in [0.05, 0.1) is 0 Å². The first-order chi connectivity index (χ1) is 10.1. The van der Waals surface area contributed by atoms with Crippen LogP contribution in [0.1, 0.15) is 38.8 Å². The van der Waals surface area contributed by atoms with Crippen LogP contribution in [0.2, 0.25) is 0 Å². The lowest BCUT2D eigenvalue weighted by molar-refractivity contribution is 0.194. The first-order valence-corrected chi connectivity index (χ1v) is 7.95. The third-order valence-electron chi connectivity index (χ3n) is 3.86. The quantitative estimate of drug-likeness (QED) is 0.697. The van der Waals surface area contributed by atoms with Crippen LogP contribution in [0.5, 0.6) is 0 Å². The predicted molar refractivity (Wildman–Crippen MR) is 85.8 cm³/mol. The van der Waals surface area contributed by atoms with Crippen LogP contribution in [0.15, 0.2) is 24.3 Å². The molecule has 0 aliphatic rings. The largest absolute Gasteiger partial charge is 0.396 e. The Balaban J connectivity index is 2.77. The Kier molecular flexibility index (Phi) is 8.50. The number of hydrogen-bond acceptors (Lipinski definition) is 3. The monoisotopic (exact) mass is 296 g/mol. The van der Waals surface area contributed by atoms with Gasteiger partial charge in [0, 0.05) is 31.3 Å². The van der Waals surface area contributed by atoms with E-state index in [9.17, 15) is 4.39 Å². The standard InChI is InChI=1S/C17H29FN2O/c1-4-19-17(15-9-6-7-10-16(15)18)14(3)13-20(5-2)11-8-12-21/h6-7,9-10,14,17,19,21H,4-5,8,11-13H2,1-3H3. The number of rotatable bonds is 10. The number of nitrogens with one attached hydrogen (secondary N) is 1. The Morgan fingerprint density at radius 1 is 1.29 bits per heavy atom. The van der Waals surface area contributed by atoms with E-state index in [4.69, 9.17) is 5.11 Å². The summed E-state index contributed by atoms with van der Waals surface area (Å²) in [6, 6.07) is 7.02. The number of hydrogen-bond donors (Lipinski definition) is 2. The lowest BCUT2D eigenvalue weighted by Gasteiger charge is -2.30. The normalized spacial score (nSPS) is 14.4. The van der Waals surface area contributed by atoms with Crippen LogP contribution in [-0.2, 0) is 0 Å². The first kappa shape index (κ1) is 18.1. The van der Waals surface area contributed by atoms with Crippen LogP contribution in [0, 0.1) is 11.7 Å². The molecule has 0 fully saturated rings. The van der Waals surface area contributed by atoms with Crippen molar-refractivity contribution in [2.24, 2.45) is 5.92 Å². The highest BCUT2D eigenvalue weighted by Crippen LogP contribution is 2.25. The Morgan fingerprint density at radius 3 is 2.57 bits per heavy atom. The van der Waals surface area contributed by atoms with Gasteiger partial charge in [-0.3, -0.25) is 0 Å². The molecule has 1 rings (SSSR count). The van der Waals surface area contributed by atoms with Gasteiger partial charge in [0.25, 0.3) is 0 Å². The lowest BCUT2D eigenvalue weighted by Crippen LogP contribution is -2.37. The number of benzene rings is 1. The SMILES string of the molecule is CCNC(c1ccccc1F)C(C)CN(CC)CCCO. The van der Waals surface area contributed by atoms with Crippen molar-refractivity contribution in [3.8, 4) is 0 Å². The topological polar surface area (TPSA) is 35.5 Å². The maximum Gasteiger partial charge on any atom is 0.127 e. The molecule has 0 heterocycles. The molecule has 2 unspecified atom stereocenters. The smallest absolute Gasteiger partial charge is 0.127 e. The van der Waals surface area contributed by atoms with Crippen LogP contribution in [-0.4, -0.2) is 42.8 Å². The Bertz CT molecular complexity index is 400. The summed E-state index contributed by atoms with van der Waals surface area (Å²) >= 11 is 0. The third-order valence-corrected chi connectivity index (χ3v) is 3.86. The van der Waals surface area contributed by atoms with Crippen molar-refractivity contribution < 1.29 is 9.50 Å². The second kappa shape index (κ2) is 9.87. The zero-order chi connectivity index (χ0) is 15.7. The van der Waals surface area contributed by atoms with E-state index in [1.165, 1.54) is 6.07 Å². The number of nitrogens with zero attached hydrogens (tertiary/aromatic N) is 1. The molecule has 0 amide bonds. The summed E-state index contributed by atoms with van der Waals surface area (Å²) in [4.78, 5) is 2.31. The van der Waals surface area contributed by atoms with Gasteiger partial charge in [-0.25, -0.2) is 4.39 Å². The highest BCUT2D eigenvalue weighted by Gasteiger charge is 2.22. The van der Waals surface area contributed by atoms with E-state index in [2.05, 4.69) is 24.1 Å². The summed E-state index contributed by atoms with van der Waals surface area (Å²) in [5, 5.41) is 12.4. The van der Waals surface area contributed by atoms with E-state index in [0.29, 0.717) is 5.92 Å². The zero-order valence-electron chi connectivity index (χ0n) is 13.5. The lowest BCUT2D eigenvalue weighted by atomic mass is 9.93. The fourth-order valence-electron chi connectivity index (χ4n) is 2.75. The van der Waals surface area contributed by atoms with Crippen molar-refractivity contribution in [2.75, 3.05) is 32.8 Å². The van der Waals surface area contributed by atoms with Crippen LogP contribution in [0.4, 0.5) is 4.39 Å². The molecule has 0 bridgehead atoms. The van der Waals surface area contributed by atoms with Crippen LogP contribution < -0.4 is 5.32 Å². The van der Waals surface area contributed by atoms with Crippen LogP contribution >= 0.6 is 0 Å². The summed E-state index contributed by atoms with van der Waals surface area (Å²) in [5.74, 6) is 0.147. The minimum absolute atomic E-state index is 0.0133. The molecular weight excluding hydrogens is 267 g/mol. The molecule has 0 aliphatic carbocycles. The summed E-state index contributed by atoms with van der Waals surface area (Å²) in [5.41, 5.74) is 0.741. The first-order valence-electron chi connectivity index (χ1n) is 7.95. The highest BCUT2D eigenvalue weighted by molar-refractivity contribution is 5.22. The Labute approximate surface area is 128 Å². The molecule has 2 atom stereocenters. The van der Waals surface area contributed by atoms with Gasteiger partial charge in [0.2, 0.25) is 0 Å². The van der Waals surface area contributed by atoms with Gasteiger partial charge in [-0.05, 0) is 31.5 Å². The highest BCUT2D eigenvalue weighted by atomic mass is 19.1. The molecule has 2 N–H and O–H groups in total. The van der Waals surface area contributed by atoms with Crippen LogP contribution in [0.3, 0.4) is 0 Å². The van der Waals surface area contributed by atoms with E-state index in [1.54, 1.807) is 6.07 Å². The van der Waals surface area contributed by atoms with Crippen molar-refractivity contribution in [1.82, 2.24) is 10.2 Å². The maximum absolute atomic E-state index is 14.1. The Hall–Kier alpha value is -0.970. The number of aliphatic hydroxyl groups is 1. The number of halogens is 1. The van der Waals surface area contributed by atoms with E-state index in [-0.39, 0.29) is 18.5 Å². The van der Waals surface area contributed by atoms with Gasteiger partial charge in [-0.2, -0.15) is 0 Å². The summed E-state index contributed by atoms with van der Waals surface area (Å²) < 4.78 is 14.1. The van der Waals surface area contributed by atoms with Gasteiger partial charge in [-0.1, -0.05) is 39.0 Å². The molecule has 0 radical (unpaired) electrons. The van der Waals surface area contributed by atoms with Crippen molar-refractivity contribution in [1.29, 1.82) is 0 Å². The van der Waals surface area contributed by atoms with Gasteiger partial charge in [-0.15, -0.1) is 0 Å². The summed E-state index contributed by atoms with van der Waals surface area (Å²) in [6.07, 6.45) is 0.784. The maximum atomic E-state index is 14.1. The molecule has 21 heavy (non-hydrogen) atoms. The average molecular weight is 296 g/mol. The molecule has 120 valence electrons. The molecule has 0 aliphatic heterocycles. The molecule has 0 aromatic heterocycles. The van der Waals surface area contributed by atoms with E-state index in [1.807, 2.05) is 19.1 Å². The second-order valence-electron chi connectivity index (χ2n) is 5.50. The average Bonchev–Trinajstić information content (AvgIpc) is 2.49. The summed E-state index contributed by atoms with van der Waals surface area (Å²) in [7, 11) is 0. The van der Waals surface area contributed by atoms with Crippen molar-refractivity contribution in [3.63, 3.8) is 0 Å². The molecule has 0 saturated carbocycles. The van der Waals surface area contributed by atoms with Crippen molar-refractivity contribution in [3.05, 3.63) is 35.6 Å². The van der Waals surface area contributed by atoms with Gasteiger partial charge >= 0.3 is 0 Å². The third kappa shape index (κ3) is 5.73. The predicted octanol–water partition coefficient (Wildman–Crippen LogP) is 2.82. The molecule has 1 aromatic carbocycles.